The first-order valence-electron chi connectivity index (χ1n) is 12.1. The summed E-state index contributed by atoms with van der Waals surface area (Å²) in [4.78, 5) is 39.4. The van der Waals surface area contributed by atoms with E-state index in [-0.39, 0.29) is 29.3 Å². The predicted molar refractivity (Wildman–Crippen MR) is 145 cm³/mol. The van der Waals surface area contributed by atoms with Gasteiger partial charge in [-0.25, -0.2) is 4.90 Å². The Morgan fingerprint density at radius 3 is 1.73 bits per heavy atom. The van der Waals surface area contributed by atoms with Crippen molar-refractivity contribution in [3.63, 3.8) is 0 Å². The maximum absolute atomic E-state index is 13.8. The number of imide groups is 1. The van der Waals surface area contributed by atoms with E-state index in [0.717, 1.165) is 33.4 Å². The third-order valence-corrected chi connectivity index (χ3v) is 8.40. The van der Waals surface area contributed by atoms with Crippen molar-refractivity contribution in [2.75, 3.05) is 4.90 Å². The van der Waals surface area contributed by atoms with Crippen molar-refractivity contribution < 1.29 is 14.5 Å². The Labute approximate surface area is 222 Å². The summed E-state index contributed by atoms with van der Waals surface area (Å²) in [6, 6.07) is 20.9. The van der Waals surface area contributed by atoms with E-state index in [4.69, 9.17) is 0 Å². The van der Waals surface area contributed by atoms with Crippen LogP contribution in [0.5, 0.6) is 0 Å². The number of carbonyl (C=O) groups is 2. The van der Waals surface area contributed by atoms with E-state index in [1.165, 1.54) is 23.1 Å². The molecule has 3 aliphatic rings. The third kappa shape index (κ3) is 3.60. The maximum Gasteiger partial charge on any atom is 0.270 e. The molecule has 0 N–H and O–H groups in total. The van der Waals surface area contributed by atoms with Gasteiger partial charge in [0, 0.05) is 28.4 Å². The molecule has 0 unspecified atom stereocenters. The molecule has 3 aromatic carbocycles. The summed E-state index contributed by atoms with van der Waals surface area (Å²) in [7, 11) is 0. The van der Waals surface area contributed by atoms with Crippen LogP contribution >= 0.6 is 15.9 Å². The second-order valence-electron chi connectivity index (χ2n) is 9.96. The highest BCUT2D eigenvalue weighted by atomic mass is 79.9. The number of hydrogen-bond donors (Lipinski definition) is 0. The van der Waals surface area contributed by atoms with Gasteiger partial charge in [0.1, 0.15) is 0 Å². The van der Waals surface area contributed by atoms with Gasteiger partial charge >= 0.3 is 0 Å². The molecule has 0 aromatic heterocycles. The molecule has 1 aliphatic heterocycles. The van der Waals surface area contributed by atoms with Crippen LogP contribution in [0.3, 0.4) is 0 Å². The van der Waals surface area contributed by atoms with Crippen LogP contribution in [0.1, 0.15) is 22.3 Å². The average molecular weight is 555 g/mol. The van der Waals surface area contributed by atoms with Gasteiger partial charge in [-0.05, 0) is 58.1 Å². The molecule has 1 saturated heterocycles. The molecule has 0 radical (unpaired) electrons. The normalized spacial score (nSPS) is 23.6. The van der Waals surface area contributed by atoms with E-state index in [2.05, 4.69) is 90.5 Å². The molecule has 6 rings (SSSR count). The zero-order valence-corrected chi connectivity index (χ0v) is 21.8. The molecule has 7 heteroatoms. The number of carbonyl (C=O) groups excluding carboxylic acids is 2. The first kappa shape index (κ1) is 23.6. The fourth-order valence-electron chi connectivity index (χ4n) is 6.07. The van der Waals surface area contributed by atoms with Crippen molar-refractivity contribution in [2.24, 2.45) is 23.7 Å². The smallest absolute Gasteiger partial charge is 0.270 e. The molecule has 2 aliphatic carbocycles. The topological polar surface area (TPSA) is 80.5 Å². The Kier molecular flexibility index (Phi) is 5.49. The van der Waals surface area contributed by atoms with E-state index in [0.29, 0.717) is 10.2 Å². The molecule has 3 aromatic rings. The Balaban J connectivity index is 1.46. The number of halogens is 1. The minimum atomic E-state index is -0.504. The number of allylic oxidation sites excluding steroid dienone is 3. The molecule has 37 heavy (non-hydrogen) atoms. The van der Waals surface area contributed by atoms with Crippen LogP contribution in [0.25, 0.3) is 5.57 Å². The third-order valence-electron chi connectivity index (χ3n) is 7.77. The lowest BCUT2D eigenvalue weighted by Gasteiger charge is -2.22. The van der Waals surface area contributed by atoms with Crippen molar-refractivity contribution in [3.8, 4) is 0 Å². The first-order valence-corrected chi connectivity index (χ1v) is 12.9. The minimum absolute atomic E-state index is 0.109. The second kappa shape index (κ2) is 8.63. The van der Waals surface area contributed by atoms with Crippen molar-refractivity contribution in [3.05, 3.63) is 121 Å². The largest absolute Gasteiger partial charge is 0.274 e. The number of nitro benzene ring substituents is 1. The number of amides is 2. The van der Waals surface area contributed by atoms with Crippen LogP contribution in [0.2, 0.25) is 0 Å². The van der Waals surface area contributed by atoms with Crippen LogP contribution in [0.4, 0.5) is 11.4 Å². The van der Waals surface area contributed by atoms with E-state index in [9.17, 15) is 19.7 Å². The quantitative estimate of drug-likeness (QED) is 0.162. The maximum atomic E-state index is 13.8. The highest BCUT2D eigenvalue weighted by Crippen LogP contribution is 2.59. The lowest BCUT2D eigenvalue weighted by molar-refractivity contribution is -0.384. The first-order chi connectivity index (χ1) is 17.8. The Hall–Kier alpha value is -3.84. The standard InChI is InChI=1S/C30H23BrN2O4/c1-16-3-7-18(8-4-16)25(19-9-5-17(2)6-10-19)26-21-12-13-22(26)28-27(21)29(34)32(30(28)35)24-14-11-20(33(36)37)15-23(24)31/h3-15,21-22,27-28H,1-2H3/t21-,22-,27-,28+/m1/s1. The highest BCUT2D eigenvalue weighted by molar-refractivity contribution is 9.10. The fraction of sp³-hybridized carbons (Fsp3) is 0.200. The Morgan fingerprint density at radius 1 is 0.811 bits per heavy atom. The Bertz CT molecular complexity index is 1460. The van der Waals surface area contributed by atoms with Gasteiger partial charge in [-0.15, -0.1) is 0 Å². The van der Waals surface area contributed by atoms with Crippen molar-refractivity contribution in [1.29, 1.82) is 0 Å². The van der Waals surface area contributed by atoms with Crippen molar-refractivity contribution in [1.82, 2.24) is 0 Å². The van der Waals surface area contributed by atoms with Crippen LogP contribution in [0.15, 0.2) is 88.9 Å². The fourth-order valence-corrected chi connectivity index (χ4v) is 6.61. The molecule has 4 atom stereocenters. The van der Waals surface area contributed by atoms with E-state index in [1.807, 2.05) is 0 Å². The molecule has 2 fully saturated rings. The molecule has 6 nitrogen and oxygen atoms in total. The molecule has 1 saturated carbocycles. The zero-order valence-electron chi connectivity index (χ0n) is 20.2. The monoisotopic (exact) mass is 554 g/mol. The number of fused-ring (bicyclic) bond motifs is 5. The van der Waals surface area contributed by atoms with Crippen LogP contribution in [-0.2, 0) is 9.59 Å². The highest BCUT2D eigenvalue weighted by Gasteiger charge is 2.62. The van der Waals surface area contributed by atoms with Crippen LogP contribution in [-0.4, -0.2) is 16.7 Å². The molecule has 2 bridgehead atoms. The SMILES string of the molecule is Cc1ccc(C(=C2[C@H]3C=C[C@H]2[C@H]2C(=O)N(c4ccc([N+](=O)[O-])cc4Br)C(=O)[C@H]23)c2ccc(C)cc2)cc1. The molecular weight excluding hydrogens is 532 g/mol. The summed E-state index contributed by atoms with van der Waals surface area (Å²) in [6.07, 6.45) is 4.15. The predicted octanol–water partition coefficient (Wildman–Crippen LogP) is 6.40. The van der Waals surface area contributed by atoms with E-state index < -0.39 is 16.8 Å². The number of hydrogen-bond acceptors (Lipinski definition) is 4. The average Bonchev–Trinajstić information content (AvgIpc) is 3.51. The lowest BCUT2D eigenvalue weighted by Crippen LogP contribution is -2.33. The second-order valence-corrected chi connectivity index (χ2v) is 10.8. The lowest BCUT2D eigenvalue weighted by atomic mass is 9.85. The van der Waals surface area contributed by atoms with E-state index in [1.54, 1.807) is 0 Å². The van der Waals surface area contributed by atoms with Gasteiger partial charge in [-0.1, -0.05) is 71.8 Å². The number of nitrogens with zero attached hydrogens (tertiary/aromatic N) is 2. The number of anilines is 1. The van der Waals surface area contributed by atoms with Gasteiger partial charge in [-0.3, -0.25) is 19.7 Å². The van der Waals surface area contributed by atoms with Crippen molar-refractivity contribution >= 4 is 44.7 Å². The summed E-state index contributed by atoms with van der Waals surface area (Å²) in [5.74, 6) is -1.88. The van der Waals surface area contributed by atoms with Gasteiger partial charge < -0.3 is 0 Å². The summed E-state index contributed by atoms with van der Waals surface area (Å²) < 4.78 is 0.347. The summed E-state index contributed by atoms with van der Waals surface area (Å²) in [5, 5.41) is 11.2. The molecule has 1 heterocycles. The molecule has 0 spiro atoms. The summed E-state index contributed by atoms with van der Waals surface area (Å²) in [6.45, 7) is 4.10. The van der Waals surface area contributed by atoms with Crippen LogP contribution < -0.4 is 4.90 Å². The van der Waals surface area contributed by atoms with Crippen LogP contribution in [0, 0.1) is 47.6 Å². The van der Waals surface area contributed by atoms with E-state index >= 15 is 0 Å². The zero-order chi connectivity index (χ0) is 26.0. The van der Waals surface area contributed by atoms with Gasteiger partial charge in [-0.2, -0.15) is 0 Å². The van der Waals surface area contributed by atoms with Gasteiger partial charge in [0.2, 0.25) is 11.8 Å². The number of benzene rings is 3. The van der Waals surface area contributed by atoms with Gasteiger partial charge in [0.05, 0.1) is 22.4 Å². The molecular formula is C30H23BrN2O4. The van der Waals surface area contributed by atoms with Gasteiger partial charge in [0.25, 0.3) is 5.69 Å². The minimum Gasteiger partial charge on any atom is -0.274 e. The Morgan fingerprint density at radius 2 is 1.30 bits per heavy atom. The number of rotatable bonds is 4. The summed E-state index contributed by atoms with van der Waals surface area (Å²) in [5.41, 5.74) is 6.90. The molecule has 184 valence electrons. The van der Waals surface area contributed by atoms with Gasteiger partial charge in [0.15, 0.2) is 0 Å². The summed E-state index contributed by atoms with van der Waals surface area (Å²) >= 11 is 3.34. The van der Waals surface area contributed by atoms with Crippen molar-refractivity contribution in [2.45, 2.75) is 13.8 Å². The molecule has 2 amide bonds. The number of non-ortho nitro benzene ring substituents is 1. The number of aryl methyl sites for hydroxylation is 2. The number of nitro groups is 1.